The van der Waals surface area contributed by atoms with Gasteiger partial charge in [0.1, 0.15) is 18.1 Å². The van der Waals surface area contributed by atoms with Gasteiger partial charge in [0.15, 0.2) is 0 Å². The molecular weight excluding hydrogens is 390 g/mol. The molecule has 31 heavy (non-hydrogen) atoms. The number of amides is 1. The summed E-state index contributed by atoms with van der Waals surface area (Å²) in [4.78, 5) is 15.7. The van der Waals surface area contributed by atoms with Crippen molar-refractivity contribution in [3.8, 4) is 5.75 Å². The van der Waals surface area contributed by atoms with E-state index in [0.717, 1.165) is 23.6 Å². The van der Waals surface area contributed by atoms with Gasteiger partial charge in [-0.3, -0.25) is 9.69 Å². The van der Waals surface area contributed by atoms with Crippen LogP contribution in [0.2, 0.25) is 0 Å². The topological polar surface area (TPSA) is 67.6 Å². The van der Waals surface area contributed by atoms with Crippen molar-refractivity contribution in [3.05, 3.63) is 46.8 Å². The zero-order valence-electron chi connectivity index (χ0n) is 18.9. The van der Waals surface area contributed by atoms with Gasteiger partial charge in [-0.25, -0.2) is 0 Å². The van der Waals surface area contributed by atoms with Gasteiger partial charge in [0.2, 0.25) is 0 Å². The first-order valence-corrected chi connectivity index (χ1v) is 11.8. The van der Waals surface area contributed by atoms with Gasteiger partial charge in [-0.2, -0.15) is 0 Å². The Hall–Kier alpha value is -2.34. The summed E-state index contributed by atoms with van der Waals surface area (Å²) >= 11 is 0. The predicted molar refractivity (Wildman–Crippen MR) is 120 cm³/mol. The van der Waals surface area contributed by atoms with Crippen LogP contribution in [0.15, 0.2) is 28.8 Å². The Morgan fingerprint density at radius 2 is 1.87 bits per heavy atom. The van der Waals surface area contributed by atoms with E-state index in [2.05, 4.69) is 15.4 Å². The van der Waals surface area contributed by atoms with Gasteiger partial charge in [-0.15, -0.1) is 0 Å². The lowest BCUT2D eigenvalue weighted by molar-refractivity contribution is 0.0326. The molecule has 0 unspecified atom stereocenters. The zero-order valence-corrected chi connectivity index (χ0v) is 18.9. The summed E-state index contributed by atoms with van der Waals surface area (Å²) in [7, 11) is 0. The molecule has 6 nitrogen and oxygen atoms in total. The third-order valence-electron chi connectivity index (χ3n) is 7.05. The van der Waals surface area contributed by atoms with E-state index in [4.69, 9.17) is 9.26 Å². The van der Waals surface area contributed by atoms with Crippen molar-refractivity contribution in [2.45, 2.75) is 77.4 Å². The molecule has 0 bridgehead atoms. The number of likely N-dealkylation sites (tertiary alicyclic amines) is 1. The molecule has 2 aliphatic rings. The average Bonchev–Trinajstić information content (AvgIpc) is 3.14. The Balaban J connectivity index is 1.39. The monoisotopic (exact) mass is 425 g/mol. The van der Waals surface area contributed by atoms with Crippen molar-refractivity contribution in [3.63, 3.8) is 0 Å². The maximum absolute atomic E-state index is 13.0. The normalized spacial score (nSPS) is 19.2. The van der Waals surface area contributed by atoms with Crippen LogP contribution in [0.5, 0.6) is 5.75 Å². The molecule has 0 atom stereocenters. The van der Waals surface area contributed by atoms with E-state index >= 15 is 0 Å². The first-order chi connectivity index (χ1) is 15.1. The number of benzene rings is 1. The fourth-order valence-corrected chi connectivity index (χ4v) is 5.12. The summed E-state index contributed by atoms with van der Waals surface area (Å²) in [6.07, 6.45) is 10.1. The standard InChI is InChI=1S/C25H35N3O3/c1-19-23(20(2)31-27-19)17-30-22-11-9-10-21(16-22)24(29)26-18-25(12-5-3-6-13-25)28-14-7-4-8-15-28/h9-11,16H,3-8,12-15,17-18H2,1-2H3,(H,26,29). The molecule has 1 saturated heterocycles. The maximum Gasteiger partial charge on any atom is 0.251 e. The highest BCUT2D eigenvalue weighted by molar-refractivity contribution is 5.94. The number of aromatic nitrogens is 1. The van der Waals surface area contributed by atoms with Gasteiger partial charge in [0.25, 0.3) is 5.91 Å². The van der Waals surface area contributed by atoms with Crippen LogP contribution in [-0.2, 0) is 6.61 Å². The SMILES string of the molecule is Cc1noc(C)c1COc1cccc(C(=O)NCC2(N3CCCCC3)CCCCC2)c1. The number of rotatable bonds is 7. The van der Waals surface area contributed by atoms with Gasteiger partial charge < -0.3 is 14.6 Å². The first-order valence-electron chi connectivity index (χ1n) is 11.8. The molecule has 1 amide bonds. The summed E-state index contributed by atoms with van der Waals surface area (Å²) in [5.41, 5.74) is 2.56. The molecule has 2 fully saturated rings. The number of carbonyl (C=O) groups excluding carboxylic acids is 1. The van der Waals surface area contributed by atoms with Crippen molar-refractivity contribution in [2.24, 2.45) is 0 Å². The molecular formula is C25H35N3O3. The summed E-state index contributed by atoms with van der Waals surface area (Å²) in [6.45, 7) is 7.23. The Morgan fingerprint density at radius 3 is 2.58 bits per heavy atom. The van der Waals surface area contributed by atoms with Crippen LogP contribution in [-0.4, -0.2) is 41.1 Å². The molecule has 0 radical (unpaired) electrons. The lowest BCUT2D eigenvalue weighted by atomic mass is 9.79. The number of hydrogen-bond acceptors (Lipinski definition) is 5. The molecule has 168 valence electrons. The van der Waals surface area contributed by atoms with Gasteiger partial charge in [-0.1, -0.05) is 36.9 Å². The number of nitrogens with one attached hydrogen (secondary N) is 1. The zero-order chi connectivity index (χ0) is 21.7. The van der Waals surface area contributed by atoms with Gasteiger partial charge in [0, 0.05) is 17.6 Å². The highest BCUT2D eigenvalue weighted by Crippen LogP contribution is 2.35. The van der Waals surface area contributed by atoms with E-state index in [1.165, 1.54) is 64.5 Å². The molecule has 1 aromatic carbocycles. The van der Waals surface area contributed by atoms with E-state index in [0.29, 0.717) is 17.9 Å². The third kappa shape index (κ3) is 5.12. The smallest absolute Gasteiger partial charge is 0.251 e. The molecule has 0 spiro atoms. The molecule has 4 rings (SSSR count). The number of carbonyl (C=O) groups is 1. The highest BCUT2D eigenvalue weighted by Gasteiger charge is 2.38. The molecule has 1 aliphatic carbocycles. The van der Waals surface area contributed by atoms with E-state index in [-0.39, 0.29) is 11.4 Å². The van der Waals surface area contributed by atoms with Crippen LogP contribution in [0.1, 0.15) is 78.7 Å². The van der Waals surface area contributed by atoms with Gasteiger partial charge >= 0.3 is 0 Å². The summed E-state index contributed by atoms with van der Waals surface area (Å²) < 4.78 is 11.1. The summed E-state index contributed by atoms with van der Waals surface area (Å²) in [5, 5.41) is 7.23. The van der Waals surface area contributed by atoms with Crippen LogP contribution >= 0.6 is 0 Å². The number of piperidine rings is 1. The molecule has 6 heteroatoms. The second-order valence-electron chi connectivity index (χ2n) is 9.13. The minimum Gasteiger partial charge on any atom is -0.489 e. The molecule has 1 aromatic heterocycles. The number of nitrogens with zero attached hydrogens (tertiary/aromatic N) is 2. The fraction of sp³-hybridized carbons (Fsp3) is 0.600. The lowest BCUT2D eigenvalue weighted by Gasteiger charge is -2.48. The van der Waals surface area contributed by atoms with Crippen LogP contribution in [0.25, 0.3) is 0 Å². The number of hydrogen-bond donors (Lipinski definition) is 1. The molecule has 1 aliphatic heterocycles. The minimum atomic E-state index is -0.0234. The van der Waals surface area contributed by atoms with Crippen LogP contribution in [0.4, 0.5) is 0 Å². The minimum absolute atomic E-state index is 0.0234. The molecule has 1 saturated carbocycles. The largest absolute Gasteiger partial charge is 0.489 e. The second-order valence-corrected chi connectivity index (χ2v) is 9.13. The molecule has 2 heterocycles. The lowest BCUT2D eigenvalue weighted by Crippen LogP contribution is -2.58. The summed E-state index contributed by atoms with van der Waals surface area (Å²) in [5.74, 6) is 1.42. The maximum atomic E-state index is 13.0. The molecule has 2 aromatic rings. The number of aryl methyl sites for hydroxylation is 2. The summed E-state index contributed by atoms with van der Waals surface area (Å²) in [6, 6.07) is 7.43. The average molecular weight is 426 g/mol. The van der Waals surface area contributed by atoms with E-state index in [1.807, 2.05) is 38.1 Å². The van der Waals surface area contributed by atoms with Crippen molar-refractivity contribution in [1.29, 1.82) is 0 Å². The third-order valence-corrected chi connectivity index (χ3v) is 7.05. The predicted octanol–water partition coefficient (Wildman–Crippen LogP) is 4.79. The Labute approximate surface area is 185 Å². The Bertz CT molecular complexity index is 860. The Morgan fingerprint density at radius 1 is 1.13 bits per heavy atom. The fourth-order valence-electron chi connectivity index (χ4n) is 5.12. The second kappa shape index (κ2) is 9.86. The Kier molecular flexibility index (Phi) is 6.96. The van der Waals surface area contributed by atoms with Crippen molar-refractivity contribution in [2.75, 3.05) is 19.6 Å². The number of ether oxygens (including phenoxy) is 1. The molecule has 1 N–H and O–H groups in total. The van der Waals surface area contributed by atoms with Crippen molar-refractivity contribution >= 4 is 5.91 Å². The first kappa shape index (κ1) is 21.9. The van der Waals surface area contributed by atoms with E-state index < -0.39 is 0 Å². The van der Waals surface area contributed by atoms with E-state index in [9.17, 15) is 4.79 Å². The highest BCUT2D eigenvalue weighted by atomic mass is 16.5. The quantitative estimate of drug-likeness (QED) is 0.691. The van der Waals surface area contributed by atoms with Gasteiger partial charge in [-0.05, 0) is 70.8 Å². The van der Waals surface area contributed by atoms with Crippen molar-refractivity contribution < 1.29 is 14.1 Å². The van der Waals surface area contributed by atoms with Gasteiger partial charge in [0.05, 0.1) is 11.3 Å². The van der Waals surface area contributed by atoms with E-state index in [1.54, 1.807) is 0 Å². The van der Waals surface area contributed by atoms with Crippen LogP contribution < -0.4 is 10.1 Å². The van der Waals surface area contributed by atoms with Crippen molar-refractivity contribution in [1.82, 2.24) is 15.4 Å². The van der Waals surface area contributed by atoms with Crippen LogP contribution in [0.3, 0.4) is 0 Å². The van der Waals surface area contributed by atoms with Crippen LogP contribution in [0, 0.1) is 13.8 Å².